The number of nitrogens with zero attached hydrogens (tertiary/aromatic N) is 4. The molecule has 9 nitrogen and oxygen atoms in total. The van der Waals surface area contributed by atoms with Gasteiger partial charge >= 0.3 is 0 Å². The van der Waals surface area contributed by atoms with Crippen LogP contribution in [-0.4, -0.2) is 68.3 Å². The molecule has 0 unspecified atom stereocenters. The van der Waals surface area contributed by atoms with Crippen LogP contribution in [0.3, 0.4) is 0 Å². The first-order chi connectivity index (χ1) is 16.7. The lowest BCUT2D eigenvalue weighted by Crippen LogP contribution is -2.48. The van der Waals surface area contributed by atoms with E-state index in [1.165, 1.54) is 11.8 Å². The Morgan fingerprint density at radius 3 is 2.74 bits per heavy atom. The van der Waals surface area contributed by atoms with Gasteiger partial charge in [-0.05, 0) is 30.5 Å². The Morgan fingerprint density at radius 2 is 2.00 bits per heavy atom. The summed E-state index contributed by atoms with van der Waals surface area (Å²) in [6.07, 6.45) is 11.8. The molecular formula is C24H32ClN7O2S. The topological polar surface area (TPSA) is 102 Å². The minimum Gasteiger partial charge on any atom is -0.373 e. The molecule has 1 aromatic carbocycles. The van der Waals surface area contributed by atoms with Crippen molar-refractivity contribution in [2.75, 3.05) is 48.5 Å². The third kappa shape index (κ3) is 6.76. The second kappa shape index (κ2) is 11.0. The number of hydrogen-bond donors (Lipinski definition) is 3. The fourth-order valence-corrected chi connectivity index (χ4v) is 5.66. The van der Waals surface area contributed by atoms with Crippen molar-refractivity contribution in [1.82, 2.24) is 19.6 Å². The van der Waals surface area contributed by atoms with Crippen LogP contribution in [0.15, 0.2) is 24.4 Å². The molecule has 2 atom stereocenters. The van der Waals surface area contributed by atoms with Crippen molar-refractivity contribution < 1.29 is 8.42 Å². The Hall–Kier alpha value is -2.58. The zero-order chi connectivity index (χ0) is 25.0. The molecule has 188 valence electrons. The van der Waals surface area contributed by atoms with E-state index < -0.39 is 10.0 Å². The van der Waals surface area contributed by atoms with E-state index in [1.54, 1.807) is 6.20 Å². The van der Waals surface area contributed by atoms with E-state index in [1.807, 2.05) is 6.07 Å². The van der Waals surface area contributed by atoms with Crippen LogP contribution >= 0.6 is 11.6 Å². The fourth-order valence-electron chi connectivity index (χ4n) is 4.68. The van der Waals surface area contributed by atoms with Gasteiger partial charge in [0.25, 0.3) is 0 Å². The van der Waals surface area contributed by atoms with Crippen molar-refractivity contribution in [3.05, 3.63) is 35.0 Å². The number of rotatable bonds is 7. The Bertz CT molecular complexity index is 1200. The van der Waals surface area contributed by atoms with Gasteiger partial charge in [0.15, 0.2) is 5.82 Å². The summed E-state index contributed by atoms with van der Waals surface area (Å²) in [5, 5.41) is 7.01. The van der Waals surface area contributed by atoms with Crippen molar-refractivity contribution in [2.24, 2.45) is 0 Å². The molecule has 3 N–H and O–H groups in total. The summed E-state index contributed by atoms with van der Waals surface area (Å²) >= 11 is 6.39. The number of benzene rings is 1. The molecule has 1 aliphatic carbocycles. The first-order valence-electron chi connectivity index (χ1n) is 11.7. The standard InChI is InChI=1S/C24H32ClN7O2S/c1-4-11-32-13-12-31(2)22-14-18(10-9-17(22)16-32)27-24-26-15-19(25)23(29-24)28-20-7-5-6-8-21(20)30-35(3,33)34/h1,9-10,14-15,20-21,30H,5-8,11-13,16H2,2-3H3,(H2,26,27,28,29)/t20-,21-/m1/s1. The lowest BCUT2D eigenvalue weighted by Gasteiger charge is -2.32. The van der Waals surface area contributed by atoms with Crippen molar-refractivity contribution in [3.63, 3.8) is 0 Å². The fraction of sp³-hybridized carbons (Fsp3) is 0.500. The Balaban J connectivity index is 1.51. The van der Waals surface area contributed by atoms with Crippen LogP contribution in [0.1, 0.15) is 31.2 Å². The summed E-state index contributed by atoms with van der Waals surface area (Å²) in [4.78, 5) is 13.4. The largest absolute Gasteiger partial charge is 0.373 e. The normalized spacial score (nSPS) is 21.0. The molecule has 35 heavy (non-hydrogen) atoms. The van der Waals surface area contributed by atoms with E-state index >= 15 is 0 Å². The molecule has 1 aromatic heterocycles. The number of terminal acetylenes is 1. The van der Waals surface area contributed by atoms with E-state index in [4.69, 9.17) is 18.0 Å². The van der Waals surface area contributed by atoms with Crippen molar-refractivity contribution in [2.45, 2.75) is 44.3 Å². The van der Waals surface area contributed by atoms with Gasteiger partial charge in [-0.25, -0.2) is 18.1 Å². The van der Waals surface area contributed by atoms with E-state index in [0.29, 0.717) is 23.3 Å². The zero-order valence-electron chi connectivity index (χ0n) is 20.1. The number of anilines is 4. The number of fused-ring (bicyclic) bond motifs is 1. The highest BCUT2D eigenvalue weighted by Gasteiger charge is 2.28. The predicted molar refractivity (Wildman–Crippen MR) is 142 cm³/mol. The minimum absolute atomic E-state index is 0.106. The number of likely N-dealkylation sites (N-methyl/N-ethyl adjacent to an activating group) is 1. The van der Waals surface area contributed by atoms with Gasteiger partial charge in [0.2, 0.25) is 16.0 Å². The maximum absolute atomic E-state index is 11.8. The summed E-state index contributed by atoms with van der Waals surface area (Å²) < 4.78 is 26.3. The Kier molecular flexibility index (Phi) is 8.02. The molecule has 0 radical (unpaired) electrons. The van der Waals surface area contributed by atoms with Gasteiger partial charge in [-0.15, -0.1) is 6.42 Å². The number of sulfonamides is 1. The van der Waals surface area contributed by atoms with Crippen LogP contribution < -0.4 is 20.3 Å². The number of hydrogen-bond acceptors (Lipinski definition) is 8. The predicted octanol–water partition coefficient (Wildman–Crippen LogP) is 3.03. The first-order valence-corrected chi connectivity index (χ1v) is 14.0. The molecule has 1 aliphatic heterocycles. The van der Waals surface area contributed by atoms with Gasteiger partial charge in [-0.1, -0.05) is 36.4 Å². The van der Waals surface area contributed by atoms with Crippen LogP contribution in [-0.2, 0) is 16.6 Å². The van der Waals surface area contributed by atoms with E-state index in [9.17, 15) is 8.42 Å². The SMILES string of the molecule is C#CCN1CCN(C)c2cc(Nc3ncc(Cl)c(N[C@@H]4CCCC[C@H]4NS(C)(=O)=O)n3)ccc2C1. The van der Waals surface area contributed by atoms with E-state index in [0.717, 1.165) is 56.7 Å². The van der Waals surface area contributed by atoms with Crippen molar-refractivity contribution in [1.29, 1.82) is 0 Å². The third-order valence-corrected chi connectivity index (χ3v) is 7.42. The summed E-state index contributed by atoms with van der Waals surface area (Å²) in [7, 11) is -1.24. The maximum atomic E-state index is 11.8. The van der Waals surface area contributed by atoms with Crippen LogP contribution in [0.5, 0.6) is 0 Å². The lowest BCUT2D eigenvalue weighted by atomic mass is 9.91. The quantitative estimate of drug-likeness (QED) is 0.482. The zero-order valence-corrected chi connectivity index (χ0v) is 21.7. The number of halogens is 1. The van der Waals surface area contributed by atoms with Gasteiger partial charge in [0, 0.05) is 50.1 Å². The smallest absolute Gasteiger partial charge is 0.229 e. The lowest BCUT2D eigenvalue weighted by molar-refractivity contribution is 0.313. The van der Waals surface area contributed by atoms with Gasteiger partial charge < -0.3 is 15.5 Å². The number of aromatic nitrogens is 2. The average Bonchev–Trinajstić information content (AvgIpc) is 2.95. The van der Waals surface area contributed by atoms with Gasteiger partial charge in [-0.3, -0.25) is 4.90 Å². The van der Waals surface area contributed by atoms with E-state index in [2.05, 4.69) is 60.2 Å². The molecule has 0 saturated heterocycles. The monoisotopic (exact) mass is 517 g/mol. The minimum atomic E-state index is -3.31. The van der Waals surface area contributed by atoms with Gasteiger partial charge in [-0.2, -0.15) is 4.98 Å². The molecular weight excluding hydrogens is 486 g/mol. The molecule has 4 rings (SSSR count). The molecule has 2 aromatic rings. The van der Waals surface area contributed by atoms with Crippen LogP contribution in [0.25, 0.3) is 0 Å². The second-order valence-corrected chi connectivity index (χ2v) is 11.4. The number of nitrogens with one attached hydrogen (secondary N) is 3. The molecule has 2 heterocycles. The molecule has 0 spiro atoms. The molecule has 0 amide bonds. The van der Waals surface area contributed by atoms with Gasteiger partial charge in [0.05, 0.1) is 19.0 Å². The van der Waals surface area contributed by atoms with Crippen molar-refractivity contribution in [3.8, 4) is 12.3 Å². The van der Waals surface area contributed by atoms with Crippen LogP contribution in [0, 0.1) is 12.3 Å². The Labute approximate surface area is 212 Å². The molecule has 1 saturated carbocycles. The summed E-state index contributed by atoms with van der Waals surface area (Å²) in [6, 6.07) is 5.87. The van der Waals surface area contributed by atoms with Crippen LogP contribution in [0.2, 0.25) is 5.02 Å². The molecule has 1 fully saturated rings. The van der Waals surface area contributed by atoms with E-state index in [-0.39, 0.29) is 12.1 Å². The highest BCUT2D eigenvalue weighted by atomic mass is 35.5. The average molecular weight is 518 g/mol. The summed E-state index contributed by atoms with van der Waals surface area (Å²) in [6.45, 7) is 3.22. The second-order valence-electron chi connectivity index (χ2n) is 9.23. The Morgan fingerprint density at radius 1 is 1.23 bits per heavy atom. The maximum Gasteiger partial charge on any atom is 0.229 e. The third-order valence-electron chi connectivity index (χ3n) is 6.41. The summed E-state index contributed by atoms with van der Waals surface area (Å²) in [5.74, 6) is 3.62. The highest BCUT2D eigenvalue weighted by Crippen LogP contribution is 2.30. The van der Waals surface area contributed by atoms with Crippen LogP contribution in [0.4, 0.5) is 23.1 Å². The summed E-state index contributed by atoms with van der Waals surface area (Å²) in [5.41, 5.74) is 3.22. The molecule has 0 bridgehead atoms. The highest BCUT2D eigenvalue weighted by molar-refractivity contribution is 7.88. The first kappa shape index (κ1) is 25.5. The molecule has 2 aliphatic rings. The molecule has 11 heteroatoms. The van der Waals surface area contributed by atoms with Gasteiger partial charge in [0.1, 0.15) is 5.02 Å². The van der Waals surface area contributed by atoms with Crippen molar-refractivity contribution >= 4 is 44.8 Å².